The molecule has 0 unspecified atom stereocenters. The summed E-state index contributed by atoms with van der Waals surface area (Å²) in [5, 5.41) is 10.8. The first-order valence-corrected chi connectivity index (χ1v) is 6.73. The number of ether oxygens (including phenoxy) is 2. The molecule has 1 aromatic rings. The van der Waals surface area contributed by atoms with Crippen LogP contribution in [0.15, 0.2) is 12.1 Å². The molecule has 0 bridgehead atoms. The lowest BCUT2D eigenvalue weighted by atomic mass is 10.1. The van der Waals surface area contributed by atoms with E-state index in [1.54, 1.807) is 18.7 Å². The average molecular weight is 294 g/mol. The molecule has 2 rings (SSSR count). The van der Waals surface area contributed by atoms with Crippen molar-refractivity contribution < 1.29 is 19.2 Å². The van der Waals surface area contributed by atoms with Crippen molar-refractivity contribution in [3.05, 3.63) is 33.4 Å². The number of aryl methyl sites for hydroxylation is 2. The Kier molecular flexibility index (Phi) is 4.74. The minimum absolute atomic E-state index is 0.0249. The summed E-state index contributed by atoms with van der Waals surface area (Å²) in [7, 11) is 0. The number of hydrogen-bond acceptors (Lipinski definition) is 5. The summed E-state index contributed by atoms with van der Waals surface area (Å²) in [4.78, 5) is 24.0. The molecule has 0 atom stereocenters. The van der Waals surface area contributed by atoms with Gasteiger partial charge in [-0.3, -0.25) is 14.9 Å². The topological polar surface area (TPSA) is 81.9 Å². The molecule has 21 heavy (non-hydrogen) atoms. The van der Waals surface area contributed by atoms with Crippen LogP contribution in [0.25, 0.3) is 0 Å². The lowest BCUT2D eigenvalue weighted by molar-refractivity contribution is -0.385. The molecule has 1 aliphatic rings. The maximum atomic E-state index is 12.0. The number of morpholine rings is 1. The van der Waals surface area contributed by atoms with E-state index in [0.717, 1.165) is 0 Å². The van der Waals surface area contributed by atoms with Crippen LogP contribution in [0.2, 0.25) is 0 Å². The molecule has 7 nitrogen and oxygen atoms in total. The van der Waals surface area contributed by atoms with Crippen molar-refractivity contribution in [2.24, 2.45) is 0 Å². The van der Waals surface area contributed by atoms with Crippen LogP contribution in [0.4, 0.5) is 5.69 Å². The van der Waals surface area contributed by atoms with E-state index in [4.69, 9.17) is 9.47 Å². The number of nitro groups is 1. The fraction of sp³-hybridized carbons (Fsp3) is 0.500. The highest BCUT2D eigenvalue weighted by molar-refractivity contribution is 5.78. The lowest BCUT2D eigenvalue weighted by Gasteiger charge is -2.27. The zero-order chi connectivity index (χ0) is 15.4. The first-order valence-electron chi connectivity index (χ1n) is 6.73. The number of carbonyl (C=O) groups excluding carboxylic acids is 1. The van der Waals surface area contributed by atoms with Crippen LogP contribution in [-0.4, -0.2) is 48.6 Å². The maximum Gasteiger partial charge on any atom is 0.270 e. The first kappa shape index (κ1) is 15.2. The van der Waals surface area contributed by atoms with Crippen molar-refractivity contribution in [2.75, 3.05) is 32.9 Å². The molecule has 1 fully saturated rings. The number of non-ortho nitro benzene ring substituents is 1. The first-order chi connectivity index (χ1) is 9.99. The summed E-state index contributed by atoms with van der Waals surface area (Å²) in [6.07, 6.45) is 0. The molecule has 1 saturated heterocycles. The minimum atomic E-state index is -0.442. The number of hydrogen-bond donors (Lipinski definition) is 0. The van der Waals surface area contributed by atoms with E-state index in [0.29, 0.717) is 43.2 Å². The Hall–Kier alpha value is -2.15. The van der Waals surface area contributed by atoms with Gasteiger partial charge in [-0.15, -0.1) is 0 Å². The number of carbonyl (C=O) groups is 1. The van der Waals surface area contributed by atoms with E-state index >= 15 is 0 Å². The quantitative estimate of drug-likeness (QED) is 0.620. The molecule has 114 valence electrons. The smallest absolute Gasteiger partial charge is 0.270 e. The van der Waals surface area contributed by atoms with Crippen molar-refractivity contribution in [2.45, 2.75) is 13.8 Å². The minimum Gasteiger partial charge on any atom is -0.483 e. The molecule has 0 aromatic heterocycles. The van der Waals surface area contributed by atoms with E-state index in [1.807, 2.05) is 0 Å². The molecule has 0 radical (unpaired) electrons. The average Bonchev–Trinajstić information content (AvgIpc) is 2.46. The van der Waals surface area contributed by atoms with Crippen LogP contribution in [-0.2, 0) is 9.53 Å². The molecule has 1 aliphatic heterocycles. The fourth-order valence-electron chi connectivity index (χ4n) is 2.30. The van der Waals surface area contributed by atoms with E-state index in [-0.39, 0.29) is 18.2 Å². The molecule has 0 saturated carbocycles. The summed E-state index contributed by atoms with van der Waals surface area (Å²) in [5.74, 6) is 0.428. The zero-order valence-corrected chi connectivity index (χ0v) is 12.1. The van der Waals surface area contributed by atoms with Gasteiger partial charge in [0.15, 0.2) is 6.61 Å². The van der Waals surface area contributed by atoms with Gasteiger partial charge < -0.3 is 14.4 Å². The normalized spacial score (nSPS) is 14.9. The maximum absolute atomic E-state index is 12.0. The van der Waals surface area contributed by atoms with Gasteiger partial charge in [-0.05, 0) is 25.0 Å². The number of amides is 1. The third-order valence-electron chi connectivity index (χ3n) is 3.36. The van der Waals surface area contributed by atoms with Gasteiger partial charge in [0, 0.05) is 25.2 Å². The van der Waals surface area contributed by atoms with Gasteiger partial charge >= 0.3 is 0 Å². The Morgan fingerprint density at radius 3 is 2.43 bits per heavy atom. The molecular formula is C14H18N2O5. The van der Waals surface area contributed by atoms with Crippen LogP contribution < -0.4 is 4.74 Å². The Morgan fingerprint density at radius 1 is 1.33 bits per heavy atom. The van der Waals surface area contributed by atoms with E-state index in [1.165, 1.54) is 12.1 Å². The third kappa shape index (κ3) is 3.69. The highest BCUT2D eigenvalue weighted by atomic mass is 16.6. The van der Waals surface area contributed by atoms with Crippen LogP contribution >= 0.6 is 0 Å². The molecule has 1 aromatic carbocycles. The monoisotopic (exact) mass is 294 g/mol. The van der Waals surface area contributed by atoms with Gasteiger partial charge in [0.05, 0.1) is 18.1 Å². The predicted molar refractivity (Wildman–Crippen MR) is 75.5 cm³/mol. The Morgan fingerprint density at radius 2 is 1.90 bits per heavy atom. The Balaban J connectivity index is 2.02. The molecule has 0 aliphatic carbocycles. The third-order valence-corrected chi connectivity index (χ3v) is 3.36. The van der Waals surface area contributed by atoms with Crippen LogP contribution in [0.3, 0.4) is 0 Å². The highest BCUT2D eigenvalue weighted by Gasteiger charge is 2.19. The molecule has 0 spiro atoms. The van der Waals surface area contributed by atoms with Gasteiger partial charge in [0.1, 0.15) is 5.75 Å². The molecule has 7 heteroatoms. The zero-order valence-electron chi connectivity index (χ0n) is 12.1. The number of benzene rings is 1. The van der Waals surface area contributed by atoms with Crippen molar-refractivity contribution in [1.82, 2.24) is 4.90 Å². The summed E-state index contributed by atoms with van der Waals surface area (Å²) in [5.41, 5.74) is 1.32. The molecular weight excluding hydrogens is 276 g/mol. The number of nitro benzene ring substituents is 1. The van der Waals surface area contributed by atoms with E-state index in [9.17, 15) is 14.9 Å². The largest absolute Gasteiger partial charge is 0.483 e. The van der Waals surface area contributed by atoms with Crippen LogP contribution in [0, 0.1) is 24.0 Å². The van der Waals surface area contributed by atoms with Gasteiger partial charge in [-0.2, -0.15) is 0 Å². The molecule has 0 N–H and O–H groups in total. The van der Waals surface area contributed by atoms with Gasteiger partial charge in [-0.1, -0.05) is 0 Å². The molecule has 1 heterocycles. The lowest BCUT2D eigenvalue weighted by Crippen LogP contribution is -2.43. The number of rotatable bonds is 4. The summed E-state index contributed by atoms with van der Waals surface area (Å²) in [6.45, 7) is 5.62. The second kappa shape index (κ2) is 6.53. The number of nitrogens with zero attached hydrogens (tertiary/aromatic N) is 2. The highest BCUT2D eigenvalue weighted by Crippen LogP contribution is 2.28. The SMILES string of the molecule is Cc1cc([N+](=O)[O-])cc(C)c1OCC(=O)N1CCOCC1. The fourth-order valence-corrected chi connectivity index (χ4v) is 2.30. The van der Waals surface area contributed by atoms with E-state index < -0.39 is 4.92 Å². The van der Waals surface area contributed by atoms with Gasteiger partial charge in [-0.25, -0.2) is 0 Å². The van der Waals surface area contributed by atoms with Crippen molar-refractivity contribution in [3.8, 4) is 5.75 Å². The van der Waals surface area contributed by atoms with Crippen molar-refractivity contribution in [1.29, 1.82) is 0 Å². The van der Waals surface area contributed by atoms with Crippen LogP contribution in [0.1, 0.15) is 11.1 Å². The standard InChI is InChI=1S/C14H18N2O5/c1-10-7-12(16(18)19)8-11(2)14(10)21-9-13(17)15-3-5-20-6-4-15/h7-8H,3-6,9H2,1-2H3. The van der Waals surface area contributed by atoms with Gasteiger partial charge in [0.2, 0.25) is 0 Å². The van der Waals surface area contributed by atoms with Gasteiger partial charge in [0.25, 0.3) is 11.6 Å². The second-order valence-corrected chi connectivity index (χ2v) is 4.95. The summed E-state index contributed by atoms with van der Waals surface area (Å²) < 4.78 is 10.8. The Bertz CT molecular complexity index is 529. The van der Waals surface area contributed by atoms with Crippen LogP contribution in [0.5, 0.6) is 5.75 Å². The summed E-state index contributed by atoms with van der Waals surface area (Å²) >= 11 is 0. The molecule has 1 amide bonds. The van der Waals surface area contributed by atoms with Crippen molar-refractivity contribution in [3.63, 3.8) is 0 Å². The summed E-state index contributed by atoms with van der Waals surface area (Å²) in [6, 6.07) is 2.89. The second-order valence-electron chi connectivity index (χ2n) is 4.95. The van der Waals surface area contributed by atoms with E-state index in [2.05, 4.69) is 0 Å². The predicted octanol–water partition coefficient (Wildman–Crippen LogP) is 1.45. The van der Waals surface area contributed by atoms with Crippen molar-refractivity contribution >= 4 is 11.6 Å². The Labute approximate surface area is 122 Å².